The van der Waals surface area contributed by atoms with Crippen molar-refractivity contribution < 1.29 is 9.53 Å². The maximum Gasteiger partial charge on any atom is 0.289 e. The second-order valence-corrected chi connectivity index (χ2v) is 7.51. The van der Waals surface area contributed by atoms with E-state index in [-0.39, 0.29) is 5.91 Å². The quantitative estimate of drug-likeness (QED) is 0.322. The maximum atomic E-state index is 12.4. The summed E-state index contributed by atoms with van der Waals surface area (Å²) in [5, 5.41) is 11.1. The van der Waals surface area contributed by atoms with Crippen LogP contribution >= 0.6 is 0 Å². The van der Waals surface area contributed by atoms with Gasteiger partial charge >= 0.3 is 0 Å². The van der Waals surface area contributed by atoms with Gasteiger partial charge < -0.3 is 4.74 Å². The smallest absolute Gasteiger partial charge is 0.289 e. The number of hydrogen-bond donors (Lipinski definition) is 2. The average Bonchev–Trinajstić information content (AvgIpc) is 3.31. The predicted molar refractivity (Wildman–Crippen MR) is 126 cm³/mol. The second-order valence-electron chi connectivity index (χ2n) is 7.51. The van der Waals surface area contributed by atoms with Crippen LogP contribution in [0.1, 0.15) is 32.7 Å². The molecule has 0 fully saturated rings. The molecule has 0 aliphatic rings. The van der Waals surface area contributed by atoms with Crippen molar-refractivity contribution in [2.24, 2.45) is 5.10 Å². The normalized spacial score (nSPS) is 10.9. The van der Waals surface area contributed by atoms with Crippen molar-refractivity contribution >= 4 is 12.1 Å². The number of nitrogens with one attached hydrogen (secondary N) is 2. The Hall–Kier alpha value is -4.19. The van der Waals surface area contributed by atoms with E-state index < -0.39 is 0 Å². The lowest BCUT2D eigenvalue weighted by atomic mass is 10.0. The Kier molecular flexibility index (Phi) is 6.41. The minimum Gasteiger partial charge on any atom is -0.489 e. The van der Waals surface area contributed by atoms with Crippen molar-refractivity contribution in [3.8, 4) is 17.0 Å². The van der Waals surface area contributed by atoms with Crippen molar-refractivity contribution in [1.82, 2.24) is 15.6 Å². The molecule has 0 aliphatic heterocycles. The van der Waals surface area contributed by atoms with Gasteiger partial charge in [0.1, 0.15) is 18.1 Å². The fraction of sp³-hybridized carbons (Fsp3) is 0.115. The van der Waals surface area contributed by atoms with Gasteiger partial charge in [-0.25, -0.2) is 5.43 Å². The summed E-state index contributed by atoms with van der Waals surface area (Å²) >= 11 is 0. The molecule has 2 N–H and O–H groups in total. The number of aromatic nitrogens is 2. The first-order chi connectivity index (χ1) is 15.6. The zero-order chi connectivity index (χ0) is 22.3. The topological polar surface area (TPSA) is 79.4 Å². The van der Waals surface area contributed by atoms with Crippen molar-refractivity contribution in [2.75, 3.05) is 0 Å². The molecule has 160 valence electrons. The summed E-state index contributed by atoms with van der Waals surface area (Å²) in [4.78, 5) is 12.4. The Bertz CT molecular complexity index is 1250. The number of hydrogen-bond acceptors (Lipinski definition) is 4. The molecule has 0 radical (unpaired) electrons. The number of ether oxygens (including phenoxy) is 1. The first kappa shape index (κ1) is 21.1. The highest BCUT2D eigenvalue weighted by atomic mass is 16.5. The van der Waals surface area contributed by atoms with Crippen LogP contribution in [0.2, 0.25) is 0 Å². The van der Waals surface area contributed by atoms with E-state index in [2.05, 4.69) is 40.6 Å². The van der Waals surface area contributed by atoms with Gasteiger partial charge in [-0.1, -0.05) is 54.6 Å². The standard InChI is InChI=1S/C26H24N4O2/c1-18-11-12-22(13-19(18)2)24-15-25(29-28-24)26(31)30-27-16-21-9-6-10-23(14-21)32-17-20-7-4-3-5-8-20/h3-16H,17H2,1-2H3,(H,28,29)(H,30,31)/b27-16-. The van der Waals surface area contributed by atoms with Gasteiger partial charge in [0.25, 0.3) is 5.91 Å². The van der Waals surface area contributed by atoms with Crippen LogP contribution in [0.15, 0.2) is 84.0 Å². The molecule has 6 nitrogen and oxygen atoms in total. The van der Waals surface area contributed by atoms with Crippen LogP contribution in [0.5, 0.6) is 5.75 Å². The number of carbonyl (C=O) groups excluding carboxylic acids is 1. The van der Waals surface area contributed by atoms with E-state index >= 15 is 0 Å². The molecule has 0 saturated carbocycles. The molecule has 0 unspecified atom stereocenters. The van der Waals surface area contributed by atoms with E-state index in [1.54, 1.807) is 12.3 Å². The Morgan fingerprint density at radius 2 is 1.84 bits per heavy atom. The predicted octanol–water partition coefficient (Wildman–Crippen LogP) is 5.04. The second kappa shape index (κ2) is 9.75. The van der Waals surface area contributed by atoms with Gasteiger partial charge in [-0.05, 0) is 60.4 Å². The van der Waals surface area contributed by atoms with E-state index in [1.807, 2.05) is 66.7 Å². The first-order valence-corrected chi connectivity index (χ1v) is 10.3. The number of nitrogens with zero attached hydrogens (tertiary/aromatic N) is 2. The molecule has 0 spiro atoms. The molecule has 0 bridgehead atoms. The van der Waals surface area contributed by atoms with Crippen LogP contribution < -0.4 is 10.2 Å². The van der Waals surface area contributed by atoms with Crippen molar-refractivity contribution in [2.45, 2.75) is 20.5 Å². The van der Waals surface area contributed by atoms with E-state index in [4.69, 9.17) is 4.74 Å². The van der Waals surface area contributed by atoms with Gasteiger partial charge in [-0.3, -0.25) is 9.89 Å². The van der Waals surface area contributed by atoms with Crippen LogP contribution in [-0.2, 0) is 6.61 Å². The number of aryl methyl sites for hydroxylation is 2. The summed E-state index contributed by atoms with van der Waals surface area (Å²) in [6.45, 7) is 4.60. The molecule has 32 heavy (non-hydrogen) atoms. The van der Waals surface area contributed by atoms with Gasteiger partial charge in [0.05, 0.1) is 11.9 Å². The number of aromatic amines is 1. The fourth-order valence-corrected chi connectivity index (χ4v) is 3.14. The minimum absolute atomic E-state index is 0.343. The zero-order valence-corrected chi connectivity index (χ0v) is 18.0. The number of H-pyrrole nitrogens is 1. The van der Waals surface area contributed by atoms with Crippen molar-refractivity contribution in [3.63, 3.8) is 0 Å². The number of hydrazone groups is 1. The van der Waals surface area contributed by atoms with E-state index in [1.165, 1.54) is 11.1 Å². The highest BCUT2D eigenvalue weighted by Crippen LogP contribution is 2.21. The molecule has 0 aliphatic carbocycles. The monoisotopic (exact) mass is 424 g/mol. The Morgan fingerprint density at radius 3 is 2.66 bits per heavy atom. The Labute approximate surface area is 187 Å². The molecule has 1 aromatic heterocycles. The molecule has 3 aromatic carbocycles. The lowest BCUT2D eigenvalue weighted by Gasteiger charge is -2.06. The van der Waals surface area contributed by atoms with Crippen LogP contribution in [0.3, 0.4) is 0 Å². The minimum atomic E-state index is -0.361. The number of amides is 1. The van der Waals surface area contributed by atoms with Gasteiger partial charge in [0.2, 0.25) is 0 Å². The van der Waals surface area contributed by atoms with Gasteiger partial charge in [0, 0.05) is 5.56 Å². The zero-order valence-electron chi connectivity index (χ0n) is 18.0. The molecule has 1 heterocycles. The highest BCUT2D eigenvalue weighted by Gasteiger charge is 2.11. The summed E-state index contributed by atoms with van der Waals surface area (Å²) in [6.07, 6.45) is 1.58. The molecule has 0 saturated heterocycles. The fourth-order valence-electron chi connectivity index (χ4n) is 3.14. The van der Waals surface area contributed by atoms with Crippen LogP contribution in [0.4, 0.5) is 0 Å². The molecule has 4 aromatic rings. The molecule has 6 heteroatoms. The van der Waals surface area contributed by atoms with Gasteiger partial charge in [0.15, 0.2) is 0 Å². The van der Waals surface area contributed by atoms with Crippen LogP contribution in [0.25, 0.3) is 11.3 Å². The third-order valence-corrected chi connectivity index (χ3v) is 5.11. The molecule has 1 amide bonds. The van der Waals surface area contributed by atoms with E-state index in [0.29, 0.717) is 18.0 Å². The van der Waals surface area contributed by atoms with Crippen molar-refractivity contribution in [1.29, 1.82) is 0 Å². The third-order valence-electron chi connectivity index (χ3n) is 5.11. The van der Waals surface area contributed by atoms with Crippen LogP contribution in [-0.4, -0.2) is 22.3 Å². The summed E-state index contributed by atoms with van der Waals surface area (Å²) < 4.78 is 5.83. The highest BCUT2D eigenvalue weighted by molar-refractivity contribution is 5.94. The first-order valence-electron chi connectivity index (χ1n) is 10.3. The van der Waals surface area contributed by atoms with E-state index in [0.717, 1.165) is 22.4 Å². The van der Waals surface area contributed by atoms with Crippen LogP contribution in [0, 0.1) is 13.8 Å². The van der Waals surface area contributed by atoms with Gasteiger partial charge in [-0.15, -0.1) is 0 Å². The number of benzene rings is 3. The molecule has 0 atom stereocenters. The Morgan fingerprint density at radius 1 is 1.00 bits per heavy atom. The SMILES string of the molecule is Cc1ccc(-c2cc(C(=O)N/N=C\c3cccc(OCc4ccccc4)c3)[nH]n2)cc1C. The summed E-state index contributed by atoms with van der Waals surface area (Å²) in [5.74, 6) is 0.371. The Balaban J connectivity index is 1.35. The molecular weight excluding hydrogens is 400 g/mol. The third kappa shape index (κ3) is 5.29. The van der Waals surface area contributed by atoms with Crippen molar-refractivity contribution in [3.05, 3.63) is 107 Å². The molecular formula is C26H24N4O2. The lowest BCUT2D eigenvalue weighted by molar-refractivity contribution is 0.0950. The summed E-state index contributed by atoms with van der Waals surface area (Å²) in [6, 6.07) is 25.3. The summed E-state index contributed by atoms with van der Waals surface area (Å²) in [7, 11) is 0. The van der Waals surface area contributed by atoms with E-state index in [9.17, 15) is 4.79 Å². The average molecular weight is 425 g/mol. The number of carbonyl (C=O) groups is 1. The molecule has 4 rings (SSSR count). The number of rotatable bonds is 7. The largest absolute Gasteiger partial charge is 0.489 e. The van der Waals surface area contributed by atoms with Gasteiger partial charge in [-0.2, -0.15) is 10.2 Å². The summed E-state index contributed by atoms with van der Waals surface area (Å²) in [5.41, 5.74) is 8.85. The lowest BCUT2D eigenvalue weighted by Crippen LogP contribution is -2.18. The maximum absolute atomic E-state index is 12.4.